The second-order valence-electron chi connectivity index (χ2n) is 9.22. The van der Waals surface area contributed by atoms with Crippen molar-refractivity contribution in [3.63, 3.8) is 0 Å². The number of fused-ring (bicyclic) bond motifs is 1. The molecule has 9 heteroatoms. The number of benzene rings is 2. The normalized spacial score (nSPS) is 15.4. The highest BCUT2D eigenvalue weighted by atomic mass is 32.2. The van der Waals surface area contributed by atoms with Gasteiger partial charge >= 0.3 is 0 Å². The Labute approximate surface area is 199 Å². The molecule has 0 atom stereocenters. The van der Waals surface area contributed by atoms with Gasteiger partial charge in [0.15, 0.2) is 9.84 Å². The Kier molecular flexibility index (Phi) is 5.81. The Morgan fingerprint density at radius 1 is 0.941 bits per heavy atom. The van der Waals surface area contributed by atoms with Crippen molar-refractivity contribution in [3.05, 3.63) is 60.4 Å². The van der Waals surface area contributed by atoms with Crippen LogP contribution in [0.1, 0.15) is 44.2 Å². The maximum absolute atomic E-state index is 11.7. The molecule has 176 valence electrons. The molecule has 0 radical (unpaired) electrons. The zero-order chi connectivity index (χ0) is 23.9. The quantitative estimate of drug-likeness (QED) is 0.425. The highest BCUT2D eigenvalue weighted by Gasteiger charge is 2.24. The van der Waals surface area contributed by atoms with E-state index in [0.29, 0.717) is 10.8 Å². The van der Waals surface area contributed by atoms with Gasteiger partial charge in [-0.1, -0.05) is 37.3 Å². The molecule has 34 heavy (non-hydrogen) atoms. The summed E-state index contributed by atoms with van der Waals surface area (Å²) in [6.07, 6.45) is 6.96. The first-order chi connectivity index (χ1) is 16.3. The van der Waals surface area contributed by atoms with Crippen LogP contribution >= 0.6 is 0 Å². The summed E-state index contributed by atoms with van der Waals surface area (Å²) in [6.45, 7) is 6.03. The van der Waals surface area contributed by atoms with Gasteiger partial charge in [-0.15, -0.1) is 5.10 Å². The van der Waals surface area contributed by atoms with Crippen LogP contribution in [-0.4, -0.2) is 52.7 Å². The minimum Gasteiger partial charge on any atom is -0.341 e. The highest BCUT2D eigenvalue weighted by molar-refractivity contribution is 7.90. The molecule has 2 aromatic heterocycles. The van der Waals surface area contributed by atoms with Crippen LogP contribution in [0.3, 0.4) is 0 Å². The van der Waals surface area contributed by atoms with Crippen LogP contribution in [0.15, 0.2) is 59.8 Å². The number of nitrogens with zero attached hydrogens (tertiary/aromatic N) is 6. The molecule has 3 heterocycles. The Morgan fingerprint density at radius 3 is 2.21 bits per heavy atom. The average molecular weight is 477 g/mol. The van der Waals surface area contributed by atoms with Gasteiger partial charge in [0.25, 0.3) is 0 Å². The van der Waals surface area contributed by atoms with Crippen molar-refractivity contribution in [2.24, 2.45) is 0 Å². The Balaban J connectivity index is 1.31. The first-order valence-electron chi connectivity index (χ1n) is 11.5. The number of rotatable bonds is 5. The van der Waals surface area contributed by atoms with Crippen LogP contribution in [0.5, 0.6) is 0 Å². The van der Waals surface area contributed by atoms with Crippen LogP contribution in [0.2, 0.25) is 0 Å². The number of hydrogen-bond donors (Lipinski definition) is 0. The molecule has 0 spiro atoms. The fourth-order valence-electron chi connectivity index (χ4n) is 4.39. The lowest BCUT2D eigenvalue weighted by Gasteiger charge is -2.32. The molecule has 2 aromatic carbocycles. The van der Waals surface area contributed by atoms with Crippen LogP contribution in [0.25, 0.3) is 22.2 Å². The maximum atomic E-state index is 11.7. The van der Waals surface area contributed by atoms with E-state index in [1.165, 1.54) is 6.26 Å². The SMILES string of the molecule is CC(C)c1cnc(N2CCC(n3nnc4cc(-c5ccc(S(C)(=O)=O)cc5)ccc43)CC2)nc1. The molecule has 1 aliphatic rings. The summed E-state index contributed by atoms with van der Waals surface area (Å²) >= 11 is 0. The second kappa shape index (κ2) is 8.79. The lowest BCUT2D eigenvalue weighted by molar-refractivity contribution is 0.367. The summed E-state index contributed by atoms with van der Waals surface area (Å²) in [5.74, 6) is 1.21. The Bertz CT molecular complexity index is 1400. The third-order valence-corrected chi connectivity index (χ3v) is 7.63. The summed E-state index contributed by atoms with van der Waals surface area (Å²) in [6, 6.07) is 13.3. The monoisotopic (exact) mass is 476 g/mol. The number of anilines is 1. The second-order valence-corrected chi connectivity index (χ2v) is 11.2. The summed E-state index contributed by atoms with van der Waals surface area (Å²) in [5, 5.41) is 8.89. The van der Waals surface area contributed by atoms with Crippen LogP contribution in [0, 0.1) is 0 Å². The van der Waals surface area contributed by atoms with E-state index in [9.17, 15) is 8.42 Å². The fourth-order valence-corrected chi connectivity index (χ4v) is 5.02. The number of hydrogen-bond acceptors (Lipinski definition) is 7. The number of piperidine rings is 1. The Hall–Kier alpha value is -3.33. The van der Waals surface area contributed by atoms with Crippen molar-refractivity contribution in [2.45, 2.75) is 43.5 Å². The Morgan fingerprint density at radius 2 is 1.59 bits per heavy atom. The summed E-state index contributed by atoms with van der Waals surface area (Å²) in [5.41, 5.74) is 4.92. The molecule has 1 fully saturated rings. The van der Waals surface area contributed by atoms with Crippen molar-refractivity contribution >= 4 is 26.8 Å². The molecule has 8 nitrogen and oxygen atoms in total. The predicted molar refractivity (Wildman–Crippen MR) is 133 cm³/mol. The molecule has 0 unspecified atom stereocenters. The standard InChI is InChI=1S/C25H28N6O2S/c1-17(2)20-15-26-25(27-16-20)30-12-10-21(11-13-30)31-24-9-6-19(14-23(24)28-29-31)18-4-7-22(8-5-18)34(3,32)33/h4-9,14-17,21H,10-13H2,1-3H3. The minimum atomic E-state index is -3.21. The van der Waals surface area contributed by atoms with Crippen molar-refractivity contribution in [1.82, 2.24) is 25.0 Å². The third-order valence-electron chi connectivity index (χ3n) is 6.50. The lowest BCUT2D eigenvalue weighted by atomic mass is 10.0. The molecule has 1 saturated heterocycles. The van der Waals surface area contributed by atoms with Gasteiger partial charge in [-0.3, -0.25) is 0 Å². The van der Waals surface area contributed by atoms with Crippen LogP contribution < -0.4 is 4.90 Å². The van der Waals surface area contributed by atoms with Crippen molar-refractivity contribution in [2.75, 3.05) is 24.2 Å². The van der Waals surface area contributed by atoms with Crippen LogP contribution in [-0.2, 0) is 9.84 Å². The molecular weight excluding hydrogens is 448 g/mol. The van der Waals surface area contributed by atoms with Gasteiger partial charge in [0.05, 0.1) is 16.5 Å². The summed E-state index contributed by atoms with van der Waals surface area (Å²) < 4.78 is 25.5. The number of sulfone groups is 1. The van der Waals surface area contributed by atoms with E-state index < -0.39 is 9.84 Å². The fraction of sp³-hybridized carbons (Fsp3) is 0.360. The van der Waals surface area contributed by atoms with Crippen LogP contribution in [0.4, 0.5) is 5.95 Å². The van der Waals surface area contributed by atoms with E-state index in [4.69, 9.17) is 0 Å². The van der Waals surface area contributed by atoms with Crippen molar-refractivity contribution in [3.8, 4) is 11.1 Å². The highest BCUT2D eigenvalue weighted by Crippen LogP contribution is 2.30. The molecule has 4 aromatic rings. The van der Waals surface area contributed by atoms with E-state index in [1.807, 2.05) is 41.3 Å². The van der Waals surface area contributed by atoms with Gasteiger partial charge in [-0.2, -0.15) is 0 Å². The minimum absolute atomic E-state index is 0.274. The molecule has 0 bridgehead atoms. The zero-order valence-corrected chi connectivity index (χ0v) is 20.4. The van der Waals surface area contributed by atoms with Gasteiger partial charge in [0.1, 0.15) is 5.52 Å². The first kappa shape index (κ1) is 22.5. The molecule has 0 saturated carbocycles. The lowest BCUT2D eigenvalue weighted by Crippen LogP contribution is -2.36. The van der Waals surface area contributed by atoms with Gasteiger partial charge in [-0.05, 0) is 59.7 Å². The predicted octanol–water partition coefficient (Wildman–Crippen LogP) is 4.26. The molecule has 1 aliphatic heterocycles. The summed E-state index contributed by atoms with van der Waals surface area (Å²) in [7, 11) is -3.21. The maximum Gasteiger partial charge on any atom is 0.225 e. The van der Waals surface area contributed by atoms with E-state index in [1.54, 1.807) is 12.1 Å². The zero-order valence-electron chi connectivity index (χ0n) is 19.6. The van der Waals surface area contributed by atoms with E-state index in [2.05, 4.69) is 45.1 Å². The molecule has 0 aliphatic carbocycles. The van der Waals surface area contributed by atoms with Gasteiger partial charge in [0, 0.05) is 31.7 Å². The van der Waals surface area contributed by atoms with E-state index in [0.717, 1.165) is 59.6 Å². The summed E-state index contributed by atoms with van der Waals surface area (Å²) in [4.78, 5) is 11.7. The molecular formula is C25H28N6O2S. The molecule has 0 amide bonds. The largest absolute Gasteiger partial charge is 0.341 e. The van der Waals surface area contributed by atoms with Gasteiger partial charge in [-0.25, -0.2) is 23.1 Å². The average Bonchev–Trinajstić information content (AvgIpc) is 3.27. The molecule has 0 N–H and O–H groups in total. The van der Waals surface area contributed by atoms with E-state index >= 15 is 0 Å². The van der Waals surface area contributed by atoms with Gasteiger partial charge in [0.2, 0.25) is 5.95 Å². The van der Waals surface area contributed by atoms with Crippen molar-refractivity contribution < 1.29 is 8.42 Å². The smallest absolute Gasteiger partial charge is 0.225 e. The third kappa shape index (κ3) is 4.40. The molecule has 5 rings (SSSR count). The number of aromatic nitrogens is 5. The van der Waals surface area contributed by atoms with Crippen molar-refractivity contribution in [1.29, 1.82) is 0 Å². The topological polar surface area (TPSA) is 93.9 Å². The first-order valence-corrected chi connectivity index (χ1v) is 13.4. The van der Waals surface area contributed by atoms with E-state index in [-0.39, 0.29) is 6.04 Å². The van der Waals surface area contributed by atoms with Gasteiger partial charge < -0.3 is 4.90 Å².